The fraction of sp³-hybridized carbons (Fsp3) is 0.583. The first-order valence-corrected chi connectivity index (χ1v) is 6.21. The zero-order valence-corrected chi connectivity index (χ0v) is 11.7. The van der Waals surface area contributed by atoms with Gasteiger partial charge in [-0.3, -0.25) is 14.4 Å². The Morgan fingerprint density at radius 2 is 2.30 bits per heavy atom. The van der Waals surface area contributed by atoms with Crippen molar-refractivity contribution in [1.82, 2.24) is 9.78 Å². The fourth-order valence-electron chi connectivity index (χ4n) is 2.34. The van der Waals surface area contributed by atoms with Gasteiger partial charge in [-0.1, -0.05) is 13.8 Å². The van der Waals surface area contributed by atoms with E-state index in [1.54, 1.807) is 20.9 Å². The third-order valence-corrected chi connectivity index (χ3v) is 3.68. The lowest BCUT2D eigenvalue weighted by molar-refractivity contribution is -0.125. The standard InChI is InChI=1S/C12H18N4O4/c1-12(2)7(6-17)4-16(10(12)18)9-8(20-11(13)19)5-15(3)14-9/h5,7,17H,4,6H2,1-3H3,(H2,13,19). The number of nitrogens with zero attached hydrogens (tertiary/aromatic N) is 3. The van der Waals surface area contributed by atoms with Gasteiger partial charge in [-0.2, -0.15) is 5.10 Å². The summed E-state index contributed by atoms with van der Waals surface area (Å²) < 4.78 is 6.29. The molecular weight excluding hydrogens is 264 g/mol. The second-order valence-corrected chi connectivity index (χ2v) is 5.43. The van der Waals surface area contributed by atoms with E-state index in [-0.39, 0.29) is 30.0 Å². The largest absolute Gasteiger partial charge is 0.410 e. The number of carbonyl (C=O) groups is 2. The monoisotopic (exact) mass is 282 g/mol. The van der Waals surface area contributed by atoms with Gasteiger partial charge in [-0.15, -0.1) is 0 Å². The normalized spacial score (nSPS) is 21.3. The van der Waals surface area contributed by atoms with Gasteiger partial charge in [0.2, 0.25) is 11.7 Å². The maximum atomic E-state index is 12.4. The van der Waals surface area contributed by atoms with Gasteiger partial charge in [0.25, 0.3) is 0 Å². The highest BCUT2D eigenvalue weighted by Gasteiger charge is 2.48. The summed E-state index contributed by atoms with van der Waals surface area (Å²) >= 11 is 0. The Kier molecular flexibility index (Phi) is 3.43. The number of carbonyl (C=O) groups excluding carboxylic acids is 2. The van der Waals surface area contributed by atoms with Gasteiger partial charge >= 0.3 is 6.09 Å². The first kappa shape index (κ1) is 14.3. The molecule has 8 nitrogen and oxygen atoms in total. The molecule has 0 bridgehead atoms. The molecule has 0 aliphatic carbocycles. The lowest BCUT2D eigenvalue weighted by Crippen LogP contribution is -2.33. The molecule has 8 heteroatoms. The van der Waals surface area contributed by atoms with E-state index in [0.29, 0.717) is 6.54 Å². The van der Waals surface area contributed by atoms with Crippen molar-refractivity contribution < 1.29 is 19.4 Å². The molecular formula is C12H18N4O4. The van der Waals surface area contributed by atoms with E-state index < -0.39 is 11.5 Å². The SMILES string of the molecule is Cn1cc(OC(N)=O)c(N2CC(CO)C(C)(C)C2=O)n1. The number of hydrogen-bond donors (Lipinski definition) is 2. The molecule has 1 saturated heterocycles. The molecule has 1 fully saturated rings. The van der Waals surface area contributed by atoms with E-state index >= 15 is 0 Å². The Bertz CT molecular complexity index is 552. The number of aliphatic hydroxyl groups is 1. The summed E-state index contributed by atoms with van der Waals surface area (Å²) in [5.41, 5.74) is 4.30. The molecule has 1 atom stereocenters. The fourth-order valence-corrected chi connectivity index (χ4v) is 2.34. The molecule has 0 saturated carbocycles. The predicted octanol–water partition coefficient (Wildman–Crippen LogP) is -0.141. The quantitative estimate of drug-likeness (QED) is 0.801. The van der Waals surface area contributed by atoms with Crippen molar-refractivity contribution in [3.63, 3.8) is 0 Å². The molecule has 110 valence electrons. The van der Waals surface area contributed by atoms with Crippen LogP contribution in [0.25, 0.3) is 0 Å². The Labute approximate surface area is 116 Å². The molecule has 1 aliphatic heterocycles. The summed E-state index contributed by atoms with van der Waals surface area (Å²) in [7, 11) is 1.65. The lowest BCUT2D eigenvalue weighted by Gasteiger charge is -2.21. The van der Waals surface area contributed by atoms with Crippen LogP contribution < -0.4 is 15.4 Å². The number of hydrogen-bond acceptors (Lipinski definition) is 5. The number of primary amides is 1. The third kappa shape index (κ3) is 2.22. The molecule has 2 rings (SSSR count). The van der Waals surface area contributed by atoms with E-state index in [9.17, 15) is 14.7 Å². The zero-order chi connectivity index (χ0) is 15.1. The number of ether oxygens (including phenoxy) is 1. The second kappa shape index (κ2) is 4.78. The molecule has 20 heavy (non-hydrogen) atoms. The van der Waals surface area contributed by atoms with Crippen LogP contribution in [-0.2, 0) is 11.8 Å². The summed E-state index contributed by atoms with van der Waals surface area (Å²) in [6.45, 7) is 3.75. The Hall–Kier alpha value is -2.09. The topological polar surface area (TPSA) is 111 Å². The van der Waals surface area contributed by atoms with Gasteiger partial charge in [0.15, 0.2) is 5.75 Å². The van der Waals surface area contributed by atoms with E-state index in [1.165, 1.54) is 15.8 Å². The van der Waals surface area contributed by atoms with Crippen LogP contribution in [0.4, 0.5) is 10.6 Å². The molecule has 0 spiro atoms. The maximum Gasteiger partial charge on any atom is 0.410 e. The molecule has 3 N–H and O–H groups in total. The van der Waals surface area contributed by atoms with Crippen LogP contribution in [0.1, 0.15) is 13.8 Å². The number of aliphatic hydroxyl groups excluding tert-OH is 1. The molecule has 1 aromatic heterocycles. The average Bonchev–Trinajstić information content (AvgIpc) is 2.78. The zero-order valence-electron chi connectivity index (χ0n) is 11.7. The first-order chi connectivity index (χ1) is 9.27. The van der Waals surface area contributed by atoms with E-state index in [4.69, 9.17) is 10.5 Å². The van der Waals surface area contributed by atoms with Gasteiger partial charge in [-0.25, -0.2) is 4.79 Å². The number of aryl methyl sites for hydroxylation is 1. The van der Waals surface area contributed by atoms with Crippen molar-refractivity contribution in [2.75, 3.05) is 18.1 Å². The van der Waals surface area contributed by atoms with Crippen LogP contribution in [0.5, 0.6) is 5.75 Å². The Balaban J connectivity index is 2.38. The van der Waals surface area contributed by atoms with Crippen molar-refractivity contribution >= 4 is 17.8 Å². The van der Waals surface area contributed by atoms with Crippen LogP contribution in [0.3, 0.4) is 0 Å². The van der Waals surface area contributed by atoms with Gasteiger partial charge in [0, 0.05) is 26.1 Å². The lowest BCUT2D eigenvalue weighted by atomic mass is 9.82. The summed E-state index contributed by atoms with van der Waals surface area (Å²) in [5.74, 6) is -0.0222. The summed E-state index contributed by atoms with van der Waals surface area (Å²) in [6.07, 6.45) is 0.496. The van der Waals surface area contributed by atoms with Gasteiger partial charge in [0.05, 0.1) is 11.6 Å². The summed E-state index contributed by atoms with van der Waals surface area (Å²) in [4.78, 5) is 24.7. The number of aromatic nitrogens is 2. The minimum atomic E-state index is -0.969. The number of amides is 2. The van der Waals surface area contributed by atoms with Gasteiger partial charge < -0.3 is 15.6 Å². The van der Waals surface area contributed by atoms with Crippen molar-refractivity contribution in [2.24, 2.45) is 24.1 Å². The highest BCUT2D eigenvalue weighted by molar-refractivity contribution is 6.00. The van der Waals surface area contributed by atoms with Crippen LogP contribution in [0.15, 0.2) is 6.20 Å². The van der Waals surface area contributed by atoms with Crippen molar-refractivity contribution in [3.8, 4) is 5.75 Å². The van der Waals surface area contributed by atoms with Crippen molar-refractivity contribution in [1.29, 1.82) is 0 Å². The smallest absolute Gasteiger partial charge is 0.405 e. The van der Waals surface area contributed by atoms with Crippen LogP contribution in [-0.4, -0.2) is 40.0 Å². The Morgan fingerprint density at radius 3 is 2.80 bits per heavy atom. The van der Waals surface area contributed by atoms with E-state index in [2.05, 4.69) is 5.10 Å². The molecule has 1 aliphatic rings. The Morgan fingerprint density at radius 1 is 1.65 bits per heavy atom. The minimum absolute atomic E-state index is 0.103. The number of anilines is 1. The van der Waals surface area contributed by atoms with E-state index in [0.717, 1.165) is 0 Å². The molecule has 2 heterocycles. The average molecular weight is 282 g/mol. The van der Waals surface area contributed by atoms with Gasteiger partial charge in [-0.05, 0) is 0 Å². The molecule has 0 aromatic carbocycles. The van der Waals surface area contributed by atoms with Crippen LogP contribution >= 0.6 is 0 Å². The maximum absolute atomic E-state index is 12.4. The summed E-state index contributed by atoms with van der Waals surface area (Å²) in [5, 5.41) is 13.5. The first-order valence-electron chi connectivity index (χ1n) is 6.21. The van der Waals surface area contributed by atoms with Crippen molar-refractivity contribution in [3.05, 3.63) is 6.20 Å². The van der Waals surface area contributed by atoms with Gasteiger partial charge in [0.1, 0.15) is 0 Å². The molecule has 1 aromatic rings. The molecule has 1 unspecified atom stereocenters. The molecule has 2 amide bonds. The third-order valence-electron chi connectivity index (χ3n) is 3.68. The molecule has 0 radical (unpaired) electrons. The van der Waals surface area contributed by atoms with Crippen molar-refractivity contribution in [2.45, 2.75) is 13.8 Å². The minimum Gasteiger partial charge on any atom is -0.405 e. The van der Waals surface area contributed by atoms with E-state index in [1.807, 2.05) is 0 Å². The van der Waals surface area contributed by atoms with Crippen LogP contribution in [0.2, 0.25) is 0 Å². The summed E-state index contributed by atoms with van der Waals surface area (Å²) in [6, 6.07) is 0. The highest BCUT2D eigenvalue weighted by Crippen LogP contribution is 2.40. The second-order valence-electron chi connectivity index (χ2n) is 5.43. The number of nitrogens with two attached hydrogens (primary N) is 1. The highest BCUT2D eigenvalue weighted by atomic mass is 16.5. The van der Waals surface area contributed by atoms with Crippen LogP contribution in [0, 0.1) is 11.3 Å². The predicted molar refractivity (Wildman–Crippen MR) is 70.1 cm³/mol. The number of rotatable bonds is 3.